The van der Waals surface area contributed by atoms with Crippen LogP contribution in [0.3, 0.4) is 0 Å². The fourth-order valence-corrected chi connectivity index (χ4v) is 2.81. The quantitative estimate of drug-likeness (QED) is 0.261. The van der Waals surface area contributed by atoms with E-state index in [1.165, 1.54) is 0 Å². The van der Waals surface area contributed by atoms with Gasteiger partial charge in [-0.15, -0.1) is 34.2 Å². The van der Waals surface area contributed by atoms with Crippen molar-refractivity contribution in [1.82, 2.24) is 25.4 Å². The van der Waals surface area contributed by atoms with Crippen LogP contribution in [0.4, 0.5) is 5.69 Å². The van der Waals surface area contributed by atoms with E-state index in [2.05, 4.69) is 47.1 Å². The third-order valence-corrected chi connectivity index (χ3v) is 4.35. The highest BCUT2D eigenvalue weighted by Crippen LogP contribution is 2.20. The van der Waals surface area contributed by atoms with E-state index in [0.717, 1.165) is 34.5 Å². The Kier molecular flexibility index (Phi) is 11.0. The number of aryl methyl sites for hydroxylation is 2. The molecule has 1 amide bonds. The van der Waals surface area contributed by atoms with Crippen LogP contribution >= 0.6 is 39.9 Å². The van der Waals surface area contributed by atoms with Gasteiger partial charge in [-0.3, -0.25) is 4.79 Å². The average Bonchev–Trinajstić information content (AvgIpc) is 3.10. The maximum atomic E-state index is 12.2. The molecule has 1 aromatic heterocycles. The molecule has 0 aliphatic rings. The monoisotopic (exact) mass is 563 g/mol. The number of amides is 1. The van der Waals surface area contributed by atoms with Crippen LogP contribution in [0.1, 0.15) is 25.2 Å². The predicted molar refractivity (Wildman–Crippen MR) is 126 cm³/mol. The number of aliphatic imine (C=N–C) groups is 1. The fourth-order valence-electron chi connectivity index (χ4n) is 2.45. The Morgan fingerprint density at radius 1 is 1.29 bits per heavy atom. The number of carbonyl (C=O) groups excluding carboxylic acids is 1. The van der Waals surface area contributed by atoms with Gasteiger partial charge in [0.05, 0.1) is 0 Å². The molecule has 8 nitrogen and oxygen atoms in total. The molecular formula is C18H27BrIN7O. The summed E-state index contributed by atoms with van der Waals surface area (Å²) in [5.41, 5.74) is 1.78. The largest absolute Gasteiger partial charge is 0.357 e. The van der Waals surface area contributed by atoms with Crippen molar-refractivity contribution < 1.29 is 4.79 Å². The highest BCUT2D eigenvalue weighted by Gasteiger charge is 2.06. The molecule has 0 spiro atoms. The first-order valence-corrected chi connectivity index (χ1v) is 9.77. The zero-order valence-corrected chi connectivity index (χ0v) is 20.2. The molecule has 0 saturated carbocycles. The molecule has 2 rings (SSSR count). The minimum Gasteiger partial charge on any atom is -0.357 e. The lowest BCUT2D eigenvalue weighted by Gasteiger charge is -2.12. The number of halogens is 2. The second-order valence-corrected chi connectivity index (χ2v) is 6.84. The number of anilines is 1. The Balaban J connectivity index is 0.00000392. The number of benzene rings is 1. The summed E-state index contributed by atoms with van der Waals surface area (Å²) < 4.78 is 2.92. The third-order valence-electron chi connectivity index (χ3n) is 3.86. The third kappa shape index (κ3) is 7.74. The van der Waals surface area contributed by atoms with Gasteiger partial charge in [0, 0.05) is 36.2 Å². The molecule has 1 aromatic carbocycles. The number of rotatable bonds is 8. The van der Waals surface area contributed by atoms with Gasteiger partial charge < -0.3 is 20.5 Å². The second-order valence-electron chi connectivity index (χ2n) is 5.92. The van der Waals surface area contributed by atoms with E-state index >= 15 is 0 Å². The number of carbonyl (C=O) groups is 1. The van der Waals surface area contributed by atoms with Crippen LogP contribution in [0.5, 0.6) is 0 Å². The number of hydrogen-bond donors (Lipinski definition) is 3. The van der Waals surface area contributed by atoms with Crippen molar-refractivity contribution in [3.05, 3.63) is 40.4 Å². The molecule has 0 aliphatic carbocycles. The topological polar surface area (TPSA) is 96.2 Å². The van der Waals surface area contributed by atoms with Gasteiger partial charge in [0.1, 0.15) is 18.7 Å². The molecule has 3 N–H and O–H groups in total. The molecule has 0 atom stereocenters. The van der Waals surface area contributed by atoms with Crippen molar-refractivity contribution >= 4 is 57.5 Å². The summed E-state index contributed by atoms with van der Waals surface area (Å²) in [4.78, 5) is 16.6. The van der Waals surface area contributed by atoms with Crippen LogP contribution in [-0.2, 0) is 17.8 Å². The highest BCUT2D eigenvalue weighted by atomic mass is 127. The van der Waals surface area contributed by atoms with Gasteiger partial charge in [-0.25, -0.2) is 4.99 Å². The average molecular weight is 564 g/mol. The minimum absolute atomic E-state index is 0. The first-order valence-electron chi connectivity index (χ1n) is 8.98. The van der Waals surface area contributed by atoms with E-state index in [1.807, 2.05) is 43.5 Å². The van der Waals surface area contributed by atoms with Crippen LogP contribution in [0.2, 0.25) is 0 Å². The van der Waals surface area contributed by atoms with Crippen LogP contribution < -0.4 is 16.0 Å². The van der Waals surface area contributed by atoms with Crippen molar-refractivity contribution in [2.45, 2.75) is 33.7 Å². The van der Waals surface area contributed by atoms with Crippen molar-refractivity contribution in [1.29, 1.82) is 0 Å². The Bertz CT molecular complexity index is 794. The zero-order valence-electron chi connectivity index (χ0n) is 16.3. The lowest BCUT2D eigenvalue weighted by molar-refractivity contribution is -0.114. The maximum Gasteiger partial charge on any atom is 0.246 e. The van der Waals surface area contributed by atoms with Gasteiger partial charge in [-0.05, 0) is 31.5 Å². The Morgan fingerprint density at radius 2 is 2.07 bits per heavy atom. The van der Waals surface area contributed by atoms with Gasteiger partial charge >= 0.3 is 0 Å². The van der Waals surface area contributed by atoms with Crippen LogP contribution in [0, 0.1) is 6.92 Å². The second kappa shape index (κ2) is 12.7. The first kappa shape index (κ1) is 24.3. The zero-order chi connectivity index (χ0) is 19.6. The molecule has 0 bridgehead atoms. The summed E-state index contributed by atoms with van der Waals surface area (Å²) in [6, 6.07) is 5.77. The van der Waals surface area contributed by atoms with Gasteiger partial charge in [-0.2, -0.15) is 0 Å². The molecule has 1 heterocycles. The summed E-state index contributed by atoms with van der Waals surface area (Å²) in [5.74, 6) is 1.38. The smallest absolute Gasteiger partial charge is 0.246 e. The highest BCUT2D eigenvalue weighted by molar-refractivity contribution is 14.0. The number of nitrogens with one attached hydrogen (secondary N) is 3. The maximum absolute atomic E-state index is 12.2. The normalized spacial score (nSPS) is 10.9. The van der Waals surface area contributed by atoms with E-state index in [-0.39, 0.29) is 36.4 Å². The van der Waals surface area contributed by atoms with Gasteiger partial charge in [0.25, 0.3) is 0 Å². The van der Waals surface area contributed by atoms with Gasteiger partial charge in [0.15, 0.2) is 5.96 Å². The summed E-state index contributed by atoms with van der Waals surface area (Å²) in [6.07, 6.45) is 2.56. The SMILES string of the molecule is CCNC(=NCC(=O)Nc1cc(Br)ccc1C)NCCn1cnnc1CC.I. The Labute approximate surface area is 191 Å². The standard InChI is InChI=1S/C18H26BrN7O.HI/c1-4-16-25-23-12-26(16)9-8-21-18(20-5-2)22-11-17(27)24-15-10-14(19)7-6-13(15)3;/h6-7,10,12H,4-5,8-9,11H2,1-3H3,(H,24,27)(H2,20,21,22);1H. The lowest BCUT2D eigenvalue weighted by Crippen LogP contribution is -2.39. The first-order chi connectivity index (χ1) is 13.0. The molecule has 2 aromatic rings. The Morgan fingerprint density at radius 3 is 2.79 bits per heavy atom. The van der Waals surface area contributed by atoms with E-state index in [1.54, 1.807) is 6.33 Å². The molecule has 10 heteroatoms. The van der Waals surface area contributed by atoms with E-state index in [0.29, 0.717) is 19.0 Å². The van der Waals surface area contributed by atoms with E-state index < -0.39 is 0 Å². The van der Waals surface area contributed by atoms with E-state index in [9.17, 15) is 4.79 Å². The predicted octanol–water partition coefficient (Wildman–Crippen LogP) is 2.72. The molecular weight excluding hydrogens is 537 g/mol. The van der Waals surface area contributed by atoms with Gasteiger partial charge in [0.2, 0.25) is 5.91 Å². The van der Waals surface area contributed by atoms with Crippen molar-refractivity contribution in [3.8, 4) is 0 Å². The summed E-state index contributed by atoms with van der Waals surface area (Å²) in [5, 5.41) is 17.2. The van der Waals surface area contributed by atoms with Crippen molar-refractivity contribution in [2.75, 3.05) is 25.0 Å². The van der Waals surface area contributed by atoms with Crippen LogP contribution in [-0.4, -0.2) is 46.3 Å². The summed E-state index contributed by atoms with van der Waals surface area (Å²) >= 11 is 3.41. The molecule has 154 valence electrons. The summed E-state index contributed by atoms with van der Waals surface area (Å²) in [7, 11) is 0. The lowest BCUT2D eigenvalue weighted by atomic mass is 10.2. The molecule has 0 fully saturated rings. The van der Waals surface area contributed by atoms with Crippen molar-refractivity contribution in [2.24, 2.45) is 4.99 Å². The molecule has 0 aliphatic heterocycles. The Hall–Kier alpha value is -1.69. The van der Waals surface area contributed by atoms with Crippen molar-refractivity contribution in [3.63, 3.8) is 0 Å². The minimum atomic E-state index is -0.166. The fraction of sp³-hybridized carbons (Fsp3) is 0.444. The number of nitrogens with zero attached hydrogens (tertiary/aromatic N) is 4. The number of aromatic nitrogens is 3. The molecule has 0 radical (unpaired) electrons. The molecule has 0 unspecified atom stereocenters. The van der Waals surface area contributed by atoms with Crippen LogP contribution in [0.25, 0.3) is 0 Å². The van der Waals surface area contributed by atoms with Gasteiger partial charge in [-0.1, -0.05) is 28.9 Å². The number of guanidine groups is 1. The summed E-state index contributed by atoms with van der Waals surface area (Å²) in [6.45, 7) is 8.11. The van der Waals surface area contributed by atoms with Crippen LogP contribution in [0.15, 0.2) is 34.0 Å². The van der Waals surface area contributed by atoms with E-state index in [4.69, 9.17) is 0 Å². The molecule has 28 heavy (non-hydrogen) atoms. The molecule has 0 saturated heterocycles. The number of hydrogen-bond acceptors (Lipinski definition) is 4.